The van der Waals surface area contributed by atoms with Gasteiger partial charge in [0.25, 0.3) is 5.91 Å². The molecule has 0 aliphatic carbocycles. The number of benzene rings is 1. The smallest absolute Gasteiger partial charge is 0.338 e. The van der Waals surface area contributed by atoms with E-state index in [1.54, 1.807) is 19.1 Å². The quantitative estimate of drug-likeness (QED) is 0.864. The average molecular weight is 286 g/mol. The third kappa shape index (κ3) is 3.06. The standard InChI is InChI=1S/C11H12BrNO3/c1-3-16-11(15)8-4-7(10(14)13-2)5-9(12)6-8/h4-6H,3H2,1-2H3,(H,13,14). The summed E-state index contributed by atoms with van der Waals surface area (Å²) in [6, 6.07) is 4.76. The molecule has 0 radical (unpaired) electrons. The van der Waals surface area contributed by atoms with Crippen LogP contribution in [0.15, 0.2) is 22.7 Å². The number of carbonyl (C=O) groups excluding carboxylic acids is 2. The summed E-state index contributed by atoms with van der Waals surface area (Å²) < 4.78 is 5.52. The average Bonchev–Trinajstić information content (AvgIpc) is 2.27. The van der Waals surface area contributed by atoms with Gasteiger partial charge in [-0.1, -0.05) is 15.9 Å². The summed E-state index contributed by atoms with van der Waals surface area (Å²) in [6.45, 7) is 2.04. The molecule has 0 spiro atoms. The normalized spacial score (nSPS) is 9.69. The van der Waals surface area contributed by atoms with Gasteiger partial charge in [-0.25, -0.2) is 4.79 Å². The second-order valence-electron chi connectivity index (χ2n) is 3.03. The predicted octanol–water partition coefficient (Wildman–Crippen LogP) is 1.99. The molecule has 0 fully saturated rings. The van der Waals surface area contributed by atoms with Crippen molar-refractivity contribution < 1.29 is 14.3 Å². The van der Waals surface area contributed by atoms with Crippen molar-refractivity contribution in [3.05, 3.63) is 33.8 Å². The zero-order valence-electron chi connectivity index (χ0n) is 9.04. The van der Waals surface area contributed by atoms with E-state index in [2.05, 4.69) is 21.2 Å². The predicted molar refractivity (Wildman–Crippen MR) is 63.5 cm³/mol. The first-order chi connectivity index (χ1) is 7.58. The van der Waals surface area contributed by atoms with Gasteiger partial charge in [-0.15, -0.1) is 0 Å². The highest BCUT2D eigenvalue weighted by molar-refractivity contribution is 9.10. The fourth-order valence-corrected chi connectivity index (χ4v) is 1.69. The Morgan fingerprint density at radius 3 is 2.50 bits per heavy atom. The zero-order chi connectivity index (χ0) is 12.1. The van der Waals surface area contributed by atoms with Gasteiger partial charge in [0.05, 0.1) is 12.2 Å². The van der Waals surface area contributed by atoms with E-state index in [0.29, 0.717) is 22.2 Å². The van der Waals surface area contributed by atoms with Crippen LogP contribution in [0.4, 0.5) is 0 Å². The Morgan fingerprint density at radius 1 is 1.31 bits per heavy atom. The number of ether oxygens (including phenoxy) is 1. The van der Waals surface area contributed by atoms with E-state index in [1.165, 1.54) is 13.1 Å². The summed E-state index contributed by atoms with van der Waals surface area (Å²) in [5.74, 6) is -0.680. The van der Waals surface area contributed by atoms with Crippen molar-refractivity contribution in [1.82, 2.24) is 5.32 Å². The minimum atomic E-state index is -0.436. The lowest BCUT2D eigenvalue weighted by molar-refractivity contribution is 0.0526. The molecule has 1 aromatic rings. The van der Waals surface area contributed by atoms with Crippen molar-refractivity contribution in [3.8, 4) is 0 Å². The van der Waals surface area contributed by atoms with Crippen molar-refractivity contribution in [3.63, 3.8) is 0 Å². The topological polar surface area (TPSA) is 55.4 Å². The number of hydrogen-bond acceptors (Lipinski definition) is 3. The van der Waals surface area contributed by atoms with Gasteiger partial charge in [0.1, 0.15) is 0 Å². The first-order valence-corrected chi connectivity index (χ1v) is 5.57. The largest absolute Gasteiger partial charge is 0.462 e. The molecule has 0 bridgehead atoms. The zero-order valence-corrected chi connectivity index (χ0v) is 10.6. The van der Waals surface area contributed by atoms with E-state index >= 15 is 0 Å². The Hall–Kier alpha value is -1.36. The minimum Gasteiger partial charge on any atom is -0.462 e. The van der Waals surface area contributed by atoms with Gasteiger partial charge >= 0.3 is 5.97 Å². The molecule has 0 aliphatic rings. The molecule has 0 unspecified atom stereocenters. The maximum absolute atomic E-state index is 11.5. The molecule has 5 heteroatoms. The number of halogens is 1. The van der Waals surface area contributed by atoms with Gasteiger partial charge in [0, 0.05) is 17.1 Å². The Kier molecular flexibility index (Phi) is 4.49. The van der Waals surface area contributed by atoms with Crippen LogP contribution < -0.4 is 5.32 Å². The van der Waals surface area contributed by atoms with E-state index in [1.807, 2.05) is 0 Å². The van der Waals surface area contributed by atoms with E-state index in [9.17, 15) is 9.59 Å². The second-order valence-corrected chi connectivity index (χ2v) is 3.94. The van der Waals surface area contributed by atoms with Gasteiger partial charge in [-0.05, 0) is 25.1 Å². The molecule has 4 nitrogen and oxygen atoms in total. The van der Waals surface area contributed by atoms with Gasteiger partial charge in [-0.3, -0.25) is 4.79 Å². The molecule has 0 aliphatic heterocycles. The molecule has 0 saturated heterocycles. The molecular weight excluding hydrogens is 274 g/mol. The summed E-state index contributed by atoms with van der Waals surface area (Å²) in [4.78, 5) is 22.9. The second kappa shape index (κ2) is 5.65. The summed E-state index contributed by atoms with van der Waals surface area (Å²) in [6.07, 6.45) is 0. The highest BCUT2D eigenvalue weighted by Crippen LogP contribution is 2.16. The van der Waals surface area contributed by atoms with Crippen LogP contribution in [0, 0.1) is 0 Å². The van der Waals surface area contributed by atoms with Gasteiger partial charge < -0.3 is 10.1 Å². The Balaban J connectivity index is 3.07. The van der Waals surface area contributed by atoms with Crippen LogP contribution in [0.3, 0.4) is 0 Å². The minimum absolute atomic E-state index is 0.244. The van der Waals surface area contributed by atoms with Crippen molar-refractivity contribution in [2.45, 2.75) is 6.92 Å². The maximum Gasteiger partial charge on any atom is 0.338 e. The van der Waals surface area contributed by atoms with Crippen molar-refractivity contribution >= 4 is 27.8 Å². The first-order valence-electron chi connectivity index (χ1n) is 4.78. The van der Waals surface area contributed by atoms with Crippen molar-refractivity contribution in [1.29, 1.82) is 0 Å². The maximum atomic E-state index is 11.5. The molecule has 1 amide bonds. The SMILES string of the molecule is CCOC(=O)c1cc(Br)cc(C(=O)NC)c1. The third-order valence-electron chi connectivity index (χ3n) is 1.90. The monoisotopic (exact) mass is 285 g/mol. The molecule has 16 heavy (non-hydrogen) atoms. The molecule has 0 heterocycles. The van der Waals surface area contributed by atoms with Gasteiger partial charge in [0.2, 0.25) is 0 Å². The number of rotatable bonds is 3. The summed E-state index contributed by atoms with van der Waals surface area (Å²) in [5, 5.41) is 2.49. The number of carbonyl (C=O) groups is 2. The van der Waals surface area contributed by atoms with Crippen LogP contribution in [0.1, 0.15) is 27.6 Å². The molecule has 1 rings (SSSR count). The summed E-state index contributed by atoms with van der Waals surface area (Å²) in [5.41, 5.74) is 0.773. The lowest BCUT2D eigenvalue weighted by atomic mass is 10.1. The van der Waals surface area contributed by atoms with Crippen LogP contribution in [-0.2, 0) is 4.74 Å². The lowest BCUT2D eigenvalue weighted by Crippen LogP contribution is -2.18. The van der Waals surface area contributed by atoms with E-state index in [0.717, 1.165) is 0 Å². The van der Waals surface area contributed by atoms with E-state index in [4.69, 9.17) is 4.74 Å². The molecule has 0 saturated carbocycles. The fraction of sp³-hybridized carbons (Fsp3) is 0.273. The number of nitrogens with one attached hydrogen (secondary N) is 1. The van der Waals surface area contributed by atoms with E-state index < -0.39 is 5.97 Å². The van der Waals surface area contributed by atoms with Crippen LogP contribution >= 0.6 is 15.9 Å². The molecular formula is C11H12BrNO3. The van der Waals surface area contributed by atoms with E-state index in [-0.39, 0.29) is 5.91 Å². The first kappa shape index (κ1) is 12.7. The summed E-state index contributed by atoms with van der Waals surface area (Å²) in [7, 11) is 1.53. The number of hydrogen-bond donors (Lipinski definition) is 1. The molecule has 0 aromatic heterocycles. The van der Waals surface area contributed by atoms with Crippen molar-refractivity contribution in [2.75, 3.05) is 13.7 Å². The van der Waals surface area contributed by atoms with Crippen LogP contribution in [0.25, 0.3) is 0 Å². The fourth-order valence-electron chi connectivity index (χ4n) is 1.20. The highest BCUT2D eigenvalue weighted by atomic mass is 79.9. The van der Waals surface area contributed by atoms with Crippen LogP contribution in [-0.4, -0.2) is 25.5 Å². The van der Waals surface area contributed by atoms with Gasteiger partial charge in [-0.2, -0.15) is 0 Å². The number of esters is 1. The van der Waals surface area contributed by atoms with Crippen LogP contribution in [0.5, 0.6) is 0 Å². The lowest BCUT2D eigenvalue weighted by Gasteiger charge is -2.05. The summed E-state index contributed by atoms with van der Waals surface area (Å²) >= 11 is 3.24. The third-order valence-corrected chi connectivity index (χ3v) is 2.36. The molecule has 0 atom stereocenters. The van der Waals surface area contributed by atoms with Crippen molar-refractivity contribution in [2.24, 2.45) is 0 Å². The van der Waals surface area contributed by atoms with Crippen LogP contribution in [0.2, 0.25) is 0 Å². The Bertz CT molecular complexity index is 418. The Morgan fingerprint density at radius 2 is 1.94 bits per heavy atom. The molecule has 1 N–H and O–H groups in total. The Labute approximate surface area is 102 Å². The number of amides is 1. The molecule has 1 aromatic carbocycles. The molecule has 86 valence electrons. The van der Waals surface area contributed by atoms with Gasteiger partial charge in [0.15, 0.2) is 0 Å². The highest BCUT2D eigenvalue weighted by Gasteiger charge is 2.11.